The van der Waals surface area contributed by atoms with Gasteiger partial charge < -0.3 is 9.32 Å². The van der Waals surface area contributed by atoms with Gasteiger partial charge in [-0.2, -0.15) is 0 Å². The Balaban J connectivity index is 1.00. The van der Waals surface area contributed by atoms with Crippen LogP contribution in [0, 0.1) is 0 Å². The van der Waals surface area contributed by atoms with Crippen LogP contribution in [-0.2, 0) is 5.41 Å². The molecule has 1 aliphatic carbocycles. The van der Waals surface area contributed by atoms with Crippen LogP contribution in [0.2, 0.25) is 0 Å². The molecule has 0 N–H and O–H groups in total. The molecule has 0 fully saturated rings. The van der Waals surface area contributed by atoms with E-state index in [1.807, 2.05) is 12.1 Å². The first-order valence-corrected chi connectivity index (χ1v) is 24.4. The first kappa shape index (κ1) is 41.5. The SMILES string of the molecule is CC(C)c1cccc2c1-c1ccc(N(c3ccc(-c4ccc5oc6ccccc6c5c4)cc3)c3ccc(-c4ccc5ccccc5c4-c4ccccc4)cc3)cc1C2(c1ccccc1)c1ccccc1. The summed E-state index contributed by atoms with van der Waals surface area (Å²) >= 11 is 0. The predicted octanol–water partition coefficient (Wildman–Crippen LogP) is 18.7. The molecule has 11 aromatic carbocycles. The molecule has 2 nitrogen and oxygen atoms in total. The van der Waals surface area contributed by atoms with Crippen LogP contribution in [0.3, 0.4) is 0 Å². The monoisotopic (exact) mass is 895 g/mol. The molecule has 12 aromatic rings. The van der Waals surface area contributed by atoms with Gasteiger partial charge in [-0.3, -0.25) is 0 Å². The Morgan fingerprint density at radius 1 is 0.357 bits per heavy atom. The smallest absolute Gasteiger partial charge is 0.135 e. The summed E-state index contributed by atoms with van der Waals surface area (Å²) in [5.41, 5.74) is 20.8. The molecule has 0 spiro atoms. The topological polar surface area (TPSA) is 16.4 Å². The number of furan rings is 1. The van der Waals surface area contributed by atoms with Crippen molar-refractivity contribution in [3.63, 3.8) is 0 Å². The van der Waals surface area contributed by atoms with Crippen molar-refractivity contribution in [1.82, 2.24) is 0 Å². The summed E-state index contributed by atoms with van der Waals surface area (Å²) in [4.78, 5) is 2.44. The van der Waals surface area contributed by atoms with Gasteiger partial charge in [0.05, 0.1) is 5.41 Å². The average molecular weight is 896 g/mol. The van der Waals surface area contributed by atoms with E-state index >= 15 is 0 Å². The standard InChI is InChI=1S/C68H49NO/c1-45(2)56-26-16-27-62-67(56)60-41-39-55(44-63(60)68(62,51-20-8-4-9-21-51)52-22-10-5-11-23-52)69(53-35-29-46(30-36-53)50-34-42-65-61(43-50)59-25-14-15-28-64(59)70-65)54-37-31-48(32-38-54)58-40-33-47-17-12-13-24-57(47)66(58)49-18-6-3-7-19-49/h3-45H,1-2H3. The van der Waals surface area contributed by atoms with Gasteiger partial charge >= 0.3 is 0 Å². The van der Waals surface area contributed by atoms with Gasteiger partial charge in [0.2, 0.25) is 0 Å². The van der Waals surface area contributed by atoms with E-state index in [0.29, 0.717) is 5.92 Å². The van der Waals surface area contributed by atoms with Crippen molar-refractivity contribution in [3.8, 4) is 44.5 Å². The molecule has 0 aliphatic heterocycles. The molecule has 70 heavy (non-hydrogen) atoms. The van der Waals surface area contributed by atoms with Gasteiger partial charge in [0.25, 0.3) is 0 Å². The minimum atomic E-state index is -0.548. The highest BCUT2D eigenvalue weighted by molar-refractivity contribution is 6.07. The van der Waals surface area contributed by atoms with Gasteiger partial charge in [-0.1, -0.05) is 214 Å². The molecule has 0 saturated carbocycles. The third-order valence-electron chi connectivity index (χ3n) is 14.7. The van der Waals surface area contributed by atoms with Crippen molar-refractivity contribution in [2.45, 2.75) is 25.2 Å². The molecule has 2 heteroatoms. The lowest BCUT2D eigenvalue weighted by atomic mass is 9.67. The molecular formula is C68H49NO. The summed E-state index contributed by atoms with van der Waals surface area (Å²) < 4.78 is 6.21. The highest BCUT2D eigenvalue weighted by Gasteiger charge is 2.47. The minimum Gasteiger partial charge on any atom is -0.456 e. The van der Waals surface area contributed by atoms with Crippen LogP contribution in [0.25, 0.3) is 77.2 Å². The number of fused-ring (bicyclic) bond motifs is 7. The second-order valence-corrected chi connectivity index (χ2v) is 19.0. The lowest BCUT2D eigenvalue weighted by molar-refractivity contribution is 0.669. The number of benzene rings is 11. The Morgan fingerprint density at radius 3 is 1.63 bits per heavy atom. The van der Waals surface area contributed by atoms with E-state index < -0.39 is 5.41 Å². The molecule has 0 bridgehead atoms. The van der Waals surface area contributed by atoms with E-state index in [1.165, 1.54) is 72.0 Å². The third kappa shape index (κ3) is 6.63. The summed E-state index contributed by atoms with van der Waals surface area (Å²) in [5.74, 6) is 0.344. The van der Waals surface area contributed by atoms with Crippen LogP contribution in [0.15, 0.2) is 259 Å². The highest BCUT2D eigenvalue weighted by Crippen LogP contribution is 2.59. The van der Waals surface area contributed by atoms with Crippen LogP contribution >= 0.6 is 0 Å². The van der Waals surface area contributed by atoms with Crippen LogP contribution in [0.5, 0.6) is 0 Å². The highest BCUT2D eigenvalue weighted by atomic mass is 16.3. The Morgan fingerprint density at radius 2 is 0.929 bits per heavy atom. The molecule has 0 radical (unpaired) electrons. The maximum atomic E-state index is 6.21. The Hall–Kier alpha value is -8.72. The van der Waals surface area contributed by atoms with Crippen molar-refractivity contribution in [1.29, 1.82) is 0 Å². The summed E-state index contributed by atoms with van der Waals surface area (Å²) in [7, 11) is 0. The van der Waals surface area contributed by atoms with E-state index in [4.69, 9.17) is 4.42 Å². The maximum absolute atomic E-state index is 6.21. The quantitative estimate of drug-likeness (QED) is 0.144. The number of nitrogens with zero attached hydrogens (tertiary/aromatic N) is 1. The predicted molar refractivity (Wildman–Crippen MR) is 294 cm³/mol. The third-order valence-corrected chi connectivity index (χ3v) is 14.7. The normalized spacial score (nSPS) is 12.7. The van der Waals surface area contributed by atoms with Gasteiger partial charge in [-0.05, 0) is 144 Å². The molecule has 0 amide bonds. The zero-order chi connectivity index (χ0) is 46.8. The average Bonchev–Trinajstić information content (AvgIpc) is 3.95. The fourth-order valence-electron chi connectivity index (χ4n) is 11.5. The van der Waals surface area contributed by atoms with Gasteiger partial charge in [0.15, 0.2) is 0 Å². The lowest BCUT2D eigenvalue weighted by Gasteiger charge is -2.35. The minimum absolute atomic E-state index is 0.344. The largest absolute Gasteiger partial charge is 0.456 e. The zero-order valence-corrected chi connectivity index (χ0v) is 39.2. The molecule has 1 heterocycles. The number of hydrogen-bond donors (Lipinski definition) is 0. The molecule has 1 aliphatic rings. The van der Waals surface area contributed by atoms with Gasteiger partial charge in [0, 0.05) is 27.8 Å². The van der Waals surface area contributed by atoms with E-state index in [1.54, 1.807) is 0 Å². The molecule has 13 rings (SSSR count). The summed E-state index contributed by atoms with van der Waals surface area (Å²) in [6.45, 7) is 4.64. The van der Waals surface area contributed by atoms with Crippen LogP contribution in [0.1, 0.15) is 47.6 Å². The number of para-hydroxylation sites is 1. The fourth-order valence-corrected chi connectivity index (χ4v) is 11.5. The van der Waals surface area contributed by atoms with Crippen LogP contribution < -0.4 is 4.90 Å². The molecule has 0 unspecified atom stereocenters. The molecule has 1 aromatic heterocycles. The zero-order valence-electron chi connectivity index (χ0n) is 39.2. The number of rotatable bonds is 9. The van der Waals surface area contributed by atoms with Crippen LogP contribution in [-0.4, -0.2) is 0 Å². The van der Waals surface area contributed by atoms with Gasteiger partial charge in [-0.25, -0.2) is 0 Å². The molecule has 0 atom stereocenters. The van der Waals surface area contributed by atoms with Crippen molar-refractivity contribution in [2.75, 3.05) is 4.90 Å². The number of hydrogen-bond acceptors (Lipinski definition) is 2. The second kappa shape index (κ2) is 16.8. The van der Waals surface area contributed by atoms with Crippen molar-refractivity contribution < 1.29 is 4.42 Å². The Labute approximate surface area is 409 Å². The summed E-state index contributed by atoms with van der Waals surface area (Å²) in [6.07, 6.45) is 0. The fraction of sp³-hybridized carbons (Fsp3) is 0.0588. The van der Waals surface area contributed by atoms with Crippen molar-refractivity contribution >= 4 is 49.8 Å². The molecule has 332 valence electrons. The van der Waals surface area contributed by atoms with Crippen molar-refractivity contribution in [2.24, 2.45) is 0 Å². The molecular weight excluding hydrogens is 847 g/mol. The first-order chi connectivity index (χ1) is 34.5. The van der Waals surface area contributed by atoms with E-state index in [9.17, 15) is 0 Å². The Kier molecular flexibility index (Phi) is 9.95. The van der Waals surface area contributed by atoms with Gasteiger partial charge in [0.1, 0.15) is 11.2 Å². The van der Waals surface area contributed by atoms with E-state index in [2.05, 4.69) is 261 Å². The lowest BCUT2D eigenvalue weighted by Crippen LogP contribution is -2.28. The summed E-state index contributed by atoms with van der Waals surface area (Å²) in [5, 5.41) is 4.74. The maximum Gasteiger partial charge on any atom is 0.135 e. The molecule has 0 saturated heterocycles. The van der Waals surface area contributed by atoms with E-state index in [0.717, 1.165) is 50.1 Å². The van der Waals surface area contributed by atoms with Crippen LogP contribution in [0.4, 0.5) is 17.1 Å². The second-order valence-electron chi connectivity index (χ2n) is 19.0. The Bertz CT molecular complexity index is 3850. The van der Waals surface area contributed by atoms with Gasteiger partial charge in [-0.15, -0.1) is 0 Å². The summed E-state index contributed by atoms with van der Waals surface area (Å²) in [6, 6.07) is 93.6. The number of anilines is 3. The first-order valence-electron chi connectivity index (χ1n) is 24.4. The van der Waals surface area contributed by atoms with E-state index in [-0.39, 0.29) is 0 Å². The van der Waals surface area contributed by atoms with Crippen molar-refractivity contribution in [3.05, 3.63) is 283 Å².